The van der Waals surface area contributed by atoms with Gasteiger partial charge in [-0.15, -0.1) is 0 Å². The van der Waals surface area contributed by atoms with Crippen LogP contribution in [0.4, 0.5) is 0 Å². The van der Waals surface area contributed by atoms with E-state index in [1.165, 1.54) is 0 Å². The highest BCUT2D eigenvalue weighted by atomic mass is 127. The van der Waals surface area contributed by atoms with Gasteiger partial charge in [0.2, 0.25) is 0 Å². The maximum atomic E-state index is 12.2. The Bertz CT molecular complexity index is 585. The van der Waals surface area contributed by atoms with Gasteiger partial charge >= 0.3 is 0 Å². The number of halogens is 1. The predicted octanol–water partition coefficient (Wildman–Crippen LogP) is 1.67. The van der Waals surface area contributed by atoms with Crippen molar-refractivity contribution in [2.45, 2.75) is 34.1 Å². The van der Waals surface area contributed by atoms with Gasteiger partial charge in [-0.05, 0) is 19.1 Å². The SMILES string of the molecule is Cc1ccc(S(=O)(=O)OC2CO[C@@H]3C(I)COC23)cc1. The Morgan fingerprint density at radius 3 is 2.50 bits per heavy atom. The normalized spacial score (nSPS) is 33.3. The lowest BCUT2D eigenvalue weighted by atomic mass is 10.1. The average molecular weight is 410 g/mol. The number of alkyl halides is 1. The monoisotopic (exact) mass is 410 g/mol. The second kappa shape index (κ2) is 5.53. The first-order valence-corrected chi connectivity index (χ1v) is 9.00. The van der Waals surface area contributed by atoms with Crippen molar-refractivity contribution < 1.29 is 22.1 Å². The number of hydrogen-bond donors (Lipinski definition) is 0. The van der Waals surface area contributed by atoms with Crippen LogP contribution < -0.4 is 0 Å². The van der Waals surface area contributed by atoms with E-state index >= 15 is 0 Å². The standard InChI is InChI=1S/C13H15IO5S/c1-8-2-4-9(5-3-8)20(15,16)19-11-7-18-12-10(14)6-17-13(11)12/h2-5,10-13H,6-7H2,1H3/t10?,11?,12-,13?/m1/s1. The first kappa shape index (κ1) is 14.7. The quantitative estimate of drug-likeness (QED) is 0.431. The highest BCUT2D eigenvalue weighted by molar-refractivity contribution is 14.1. The van der Waals surface area contributed by atoms with Gasteiger partial charge in [0, 0.05) is 0 Å². The molecule has 0 bridgehead atoms. The van der Waals surface area contributed by atoms with Crippen LogP contribution in [0.3, 0.4) is 0 Å². The van der Waals surface area contributed by atoms with Crippen LogP contribution in [0, 0.1) is 6.92 Å². The third kappa shape index (κ3) is 2.74. The number of rotatable bonds is 3. The lowest BCUT2D eigenvalue weighted by Gasteiger charge is -2.16. The van der Waals surface area contributed by atoms with E-state index in [9.17, 15) is 8.42 Å². The molecule has 0 aliphatic carbocycles. The molecule has 4 atom stereocenters. The van der Waals surface area contributed by atoms with E-state index in [1.807, 2.05) is 6.92 Å². The van der Waals surface area contributed by atoms with Gasteiger partial charge in [0.15, 0.2) is 0 Å². The maximum Gasteiger partial charge on any atom is 0.297 e. The summed E-state index contributed by atoms with van der Waals surface area (Å²) in [5.74, 6) is 0. The van der Waals surface area contributed by atoms with Crippen LogP contribution in [0.15, 0.2) is 29.2 Å². The fourth-order valence-corrected chi connectivity index (χ4v) is 4.32. The predicted molar refractivity (Wildman–Crippen MR) is 80.5 cm³/mol. The van der Waals surface area contributed by atoms with Gasteiger partial charge in [-0.25, -0.2) is 0 Å². The Morgan fingerprint density at radius 2 is 1.80 bits per heavy atom. The van der Waals surface area contributed by atoms with E-state index in [0.29, 0.717) is 6.61 Å². The van der Waals surface area contributed by atoms with Gasteiger partial charge in [0.05, 0.1) is 22.0 Å². The van der Waals surface area contributed by atoms with Crippen LogP contribution in [0.25, 0.3) is 0 Å². The van der Waals surface area contributed by atoms with Gasteiger partial charge in [-0.1, -0.05) is 40.3 Å². The van der Waals surface area contributed by atoms with Crippen molar-refractivity contribution in [1.29, 1.82) is 0 Å². The number of aryl methyl sites for hydroxylation is 1. The summed E-state index contributed by atoms with van der Waals surface area (Å²) in [5, 5.41) is 0. The minimum Gasteiger partial charge on any atom is -0.371 e. The average Bonchev–Trinajstić information content (AvgIpc) is 2.95. The topological polar surface area (TPSA) is 61.8 Å². The smallest absolute Gasteiger partial charge is 0.297 e. The van der Waals surface area contributed by atoms with E-state index in [-0.39, 0.29) is 27.6 Å². The fraction of sp³-hybridized carbons (Fsp3) is 0.538. The lowest BCUT2D eigenvalue weighted by molar-refractivity contribution is 0.0337. The Hall–Kier alpha value is -0.220. The van der Waals surface area contributed by atoms with Gasteiger partial charge in [0.1, 0.15) is 18.3 Å². The molecule has 0 aromatic heterocycles. The Labute approximate surface area is 131 Å². The second-order valence-corrected chi connectivity index (χ2v) is 8.19. The third-order valence-corrected chi connectivity index (χ3v) is 5.93. The Balaban J connectivity index is 1.76. The largest absolute Gasteiger partial charge is 0.371 e. The molecule has 0 N–H and O–H groups in total. The molecule has 2 aliphatic rings. The molecule has 7 heteroatoms. The molecule has 2 heterocycles. The minimum atomic E-state index is -3.78. The first-order chi connectivity index (χ1) is 9.47. The highest BCUT2D eigenvalue weighted by Gasteiger charge is 2.48. The zero-order valence-corrected chi connectivity index (χ0v) is 13.8. The summed E-state index contributed by atoms with van der Waals surface area (Å²) in [7, 11) is -3.78. The zero-order valence-electron chi connectivity index (χ0n) is 10.9. The summed E-state index contributed by atoms with van der Waals surface area (Å²) < 4.78 is 41.2. The van der Waals surface area contributed by atoms with E-state index in [0.717, 1.165) is 5.56 Å². The van der Waals surface area contributed by atoms with Crippen molar-refractivity contribution in [3.05, 3.63) is 29.8 Å². The summed E-state index contributed by atoms with van der Waals surface area (Å²) in [6.45, 7) is 2.72. The van der Waals surface area contributed by atoms with Gasteiger partial charge in [0.25, 0.3) is 10.1 Å². The second-order valence-electron chi connectivity index (χ2n) is 5.01. The molecule has 1 aromatic carbocycles. The Kier molecular flexibility index (Phi) is 4.06. The van der Waals surface area contributed by atoms with Crippen LogP contribution in [0.2, 0.25) is 0 Å². The zero-order chi connectivity index (χ0) is 14.3. The molecule has 0 amide bonds. The molecule has 2 fully saturated rings. The van der Waals surface area contributed by atoms with Crippen molar-refractivity contribution in [3.63, 3.8) is 0 Å². The number of hydrogen-bond acceptors (Lipinski definition) is 5. The van der Waals surface area contributed by atoms with Crippen LogP contribution in [-0.2, 0) is 23.8 Å². The number of benzene rings is 1. The van der Waals surface area contributed by atoms with Crippen LogP contribution in [-0.4, -0.2) is 43.9 Å². The maximum absolute atomic E-state index is 12.2. The molecule has 2 saturated heterocycles. The molecule has 0 spiro atoms. The van der Waals surface area contributed by atoms with E-state index in [1.54, 1.807) is 24.3 Å². The van der Waals surface area contributed by atoms with Gasteiger partial charge < -0.3 is 9.47 Å². The molecule has 2 aliphatic heterocycles. The fourth-order valence-electron chi connectivity index (χ4n) is 2.42. The van der Waals surface area contributed by atoms with Gasteiger partial charge in [-0.3, -0.25) is 4.18 Å². The molecule has 1 aromatic rings. The van der Waals surface area contributed by atoms with Crippen molar-refractivity contribution in [2.24, 2.45) is 0 Å². The van der Waals surface area contributed by atoms with Crippen LogP contribution in [0.1, 0.15) is 5.56 Å². The molecule has 3 rings (SSSR count). The summed E-state index contributed by atoms with van der Waals surface area (Å²) in [6, 6.07) is 6.59. The van der Waals surface area contributed by atoms with Crippen molar-refractivity contribution in [1.82, 2.24) is 0 Å². The van der Waals surface area contributed by atoms with E-state index < -0.39 is 16.2 Å². The first-order valence-electron chi connectivity index (χ1n) is 6.34. The summed E-state index contributed by atoms with van der Waals surface area (Å²) in [5.41, 5.74) is 1.00. The molecule has 20 heavy (non-hydrogen) atoms. The highest BCUT2D eigenvalue weighted by Crippen LogP contribution is 2.34. The van der Waals surface area contributed by atoms with Crippen LogP contribution >= 0.6 is 22.6 Å². The Morgan fingerprint density at radius 1 is 1.15 bits per heavy atom. The minimum absolute atomic E-state index is 0.0752. The van der Waals surface area contributed by atoms with Crippen molar-refractivity contribution >= 4 is 32.7 Å². The molecule has 5 nitrogen and oxygen atoms in total. The van der Waals surface area contributed by atoms with E-state index in [2.05, 4.69) is 22.6 Å². The summed E-state index contributed by atoms with van der Waals surface area (Å²) >= 11 is 2.26. The van der Waals surface area contributed by atoms with Crippen LogP contribution in [0.5, 0.6) is 0 Å². The third-order valence-electron chi connectivity index (χ3n) is 3.51. The molecular formula is C13H15IO5S. The molecule has 3 unspecified atom stereocenters. The number of ether oxygens (including phenoxy) is 2. The summed E-state index contributed by atoms with van der Waals surface area (Å²) in [4.78, 5) is 0.163. The van der Waals surface area contributed by atoms with Crippen molar-refractivity contribution in [3.8, 4) is 0 Å². The molecule has 0 radical (unpaired) electrons. The molecule has 0 saturated carbocycles. The van der Waals surface area contributed by atoms with E-state index in [4.69, 9.17) is 13.7 Å². The molecular weight excluding hydrogens is 395 g/mol. The summed E-state index contributed by atoms with van der Waals surface area (Å²) in [6.07, 6.45) is -0.933. The van der Waals surface area contributed by atoms with Gasteiger partial charge in [-0.2, -0.15) is 8.42 Å². The molecule has 110 valence electrons. The number of fused-ring (bicyclic) bond motifs is 1. The lowest BCUT2D eigenvalue weighted by Crippen LogP contribution is -2.33. The van der Waals surface area contributed by atoms with Crippen molar-refractivity contribution in [2.75, 3.05) is 13.2 Å².